The molecule has 0 bridgehead atoms. The summed E-state index contributed by atoms with van der Waals surface area (Å²) in [6.45, 7) is 4.05. The van der Waals surface area contributed by atoms with E-state index in [1.54, 1.807) is 0 Å². The van der Waals surface area contributed by atoms with Crippen LogP contribution >= 0.6 is 0 Å². The van der Waals surface area contributed by atoms with Crippen molar-refractivity contribution in [3.63, 3.8) is 0 Å². The molecule has 3 N–H and O–H groups in total. The summed E-state index contributed by atoms with van der Waals surface area (Å²) < 4.78 is 86.1. The van der Waals surface area contributed by atoms with E-state index in [-0.39, 0.29) is 28.0 Å². The highest BCUT2D eigenvalue weighted by molar-refractivity contribution is 5.91. The van der Waals surface area contributed by atoms with Crippen LogP contribution < -0.4 is 5.32 Å². The maximum Gasteiger partial charge on any atom is 0.419 e. The van der Waals surface area contributed by atoms with Crippen LogP contribution in [-0.2, 0) is 5.41 Å². The number of hydrogen-bond acceptors (Lipinski definition) is 5. The number of phenolic OH excluding ortho intramolecular Hbond substituents is 1. The Labute approximate surface area is 184 Å². The van der Waals surface area contributed by atoms with Crippen LogP contribution in [0.3, 0.4) is 0 Å². The van der Waals surface area contributed by atoms with Gasteiger partial charge in [0.1, 0.15) is 11.3 Å². The van der Waals surface area contributed by atoms with Gasteiger partial charge in [-0.15, -0.1) is 0 Å². The van der Waals surface area contributed by atoms with E-state index in [0.717, 1.165) is 18.3 Å². The number of aryl methyl sites for hydroxylation is 1. The average Bonchev–Trinajstić information content (AvgIpc) is 2.69. The van der Waals surface area contributed by atoms with Crippen LogP contribution in [0.4, 0.5) is 32.0 Å². The zero-order valence-electron chi connectivity index (χ0n) is 17.7. The van der Waals surface area contributed by atoms with Crippen LogP contribution in [0.5, 0.6) is 5.75 Å². The zero-order valence-corrected chi connectivity index (χ0v) is 17.7. The van der Waals surface area contributed by atoms with Gasteiger partial charge in [0, 0.05) is 28.9 Å². The van der Waals surface area contributed by atoms with Crippen molar-refractivity contribution in [3.8, 4) is 5.75 Å². The molecule has 5 nitrogen and oxygen atoms in total. The summed E-state index contributed by atoms with van der Waals surface area (Å²) in [6.07, 6.45) is -5.04. The van der Waals surface area contributed by atoms with Gasteiger partial charge in [-0.3, -0.25) is 0 Å². The molecule has 176 valence electrons. The summed E-state index contributed by atoms with van der Waals surface area (Å²) in [7, 11) is 0. The number of halogens is 6. The van der Waals surface area contributed by atoms with E-state index < -0.39 is 58.4 Å². The van der Waals surface area contributed by atoms with Gasteiger partial charge in [0.25, 0.3) is 0 Å². The third-order valence-corrected chi connectivity index (χ3v) is 6.01. The number of phenols is 1. The number of anilines is 1. The van der Waals surface area contributed by atoms with Crippen molar-refractivity contribution in [1.82, 2.24) is 9.97 Å². The average molecular weight is 471 g/mol. The predicted molar refractivity (Wildman–Crippen MR) is 107 cm³/mol. The molecule has 0 unspecified atom stereocenters. The van der Waals surface area contributed by atoms with E-state index in [4.69, 9.17) is 0 Å². The lowest BCUT2D eigenvalue weighted by Gasteiger charge is -2.49. The van der Waals surface area contributed by atoms with Crippen molar-refractivity contribution in [2.75, 3.05) is 5.32 Å². The summed E-state index contributed by atoms with van der Waals surface area (Å²) in [5, 5.41) is 23.1. The maximum absolute atomic E-state index is 14.9. The van der Waals surface area contributed by atoms with Crippen LogP contribution in [0.15, 0.2) is 24.4 Å². The van der Waals surface area contributed by atoms with Crippen molar-refractivity contribution in [1.29, 1.82) is 0 Å². The van der Waals surface area contributed by atoms with Crippen molar-refractivity contribution in [2.45, 2.75) is 50.4 Å². The number of benzene rings is 2. The van der Waals surface area contributed by atoms with Crippen LogP contribution in [0, 0.1) is 24.4 Å². The van der Waals surface area contributed by atoms with Gasteiger partial charge in [0.05, 0.1) is 6.04 Å². The molecular formula is C22H19F6N3O2. The highest BCUT2D eigenvalue weighted by Crippen LogP contribution is 2.55. The summed E-state index contributed by atoms with van der Waals surface area (Å²) in [5.41, 5.74) is -6.25. The summed E-state index contributed by atoms with van der Waals surface area (Å²) >= 11 is 0. The molecule has 3 aromatic rings. The van der Waals surface area contributed by atoms with Gasteiger partial charge in [-0.05, 0) is 30.4 Å². The molecule has 33 heavy (non-hydrogen) atoms. The number of fused-ring (bicyclic) bond motifs is 2. The lowest BCUT2D eigenvalue weighted by molar-refractivity contribution is -0.276. The minimum Gasteiger partial charge on any atom is -0.505 e. The third-order valence-electron chi connectivity index (χ3n) is 6.01. The van der Waals surface area contributed by atoms with E-state index in [1.165, 1.54) is 20.8 Å². The monoisotopic (exact) mass is 471 g/mol. The molecule has 0 aliphatic heterocycles. The fourth-order valence-corrected chi connectivity index (χ4v) is 4.58. The number of aromatic nitrogens is 2. The first-order chi connectivity index (χ1) is 15.2. The highest BCUT2D eigenvalue weighted by Gasteiger charge is 2.64. The molecule has 1 aromatic heterocycles. The number of hydrogen-bond donors (Lipinski definition) is 3. The van der Waals surface area contributed by atoms with Gasteiger partial charge < -0.3 is 15.5 Å². The number of rotatable bonds is 2. The molecule has 0 fully saturated rings. The standard InChI is InChI=1S/C22H19F6N3O2/c1-9-29-7-11-13(6-12(23)16(24)18(11)30-9)31-19-10-4-5-14(32)17(25)15(10)20(2,3)8-21(19,33)22(26,27)28/h4-7,19,31-33H,8H2,1-3H3/t19-,21+/m0/s1. The summed E-state index contributed by atoms with van der Waals surface area (Å²) in [5.74, 6) is -4.48. The van der Waals surface area contributed by atoms with E-state index in [1.807, 2.05) is 0 Å². The Hall–Kier alpha value is -3.08. The predicted octanol–water partition coefficient (Wildman–Crippen LogP) is 5.19. The van der Waals surface area contributed by atoms with E-state index in [9.17, 15) is 36.6 Å². The minimum absolute atomic E-state index is 0.104. The molecule has 4 rings (SSSR count). The normalized spacial score (nSPS) is 22.3. The smallest absolute Gasteiger partial charge is 0.419 e. The Morgan fingerprint density at radius 2 is 1.79 bits per heavy atom. The second-order valence-corrected chi connectivity index (χ2v) is 8.82. The summed E-state index contributed by atoms with van der Waals surface area (Å²) in [6, 6.07) is 0.538. The van der Waals surface area contributed by atoms with Crippen molar-refractivity contribution >= 4 is 16.6 Å². The maximum atomic E-state index is 14.9. The molecule has 1 aliphatic carbocycles. The largest absolute Gasteiger partial charge is 0.505 e. The molecule has 0 saturated carbocycles. The van der Waals surface area contributed by atoms with Crippen molar-refractivity contribution in [2.24, 2.45) is 0 Å². The Kier molecular flexibility index (Phi) is 5.04. The fraction of sp³-hybridized carbons (Fsp3) is 0.364. The molecule has 11 heteroatoms. The second kappa shape index (κ2) is 7.21. The zero-order chi connectivity index (χ0) is 24.5. The summed E-state index contributed by atoms with van der Waals surface area (Å²) in [4.78, 5) is 7.72. The molecule has 0 spiro atoms. The van der Waals surface area contributed by atoms with Crippen LogP contribution in [0.2, 0.25) is 0 Å². The first-order valence-electron chi connectivity index (χ1n) is 9.86. The lowest BCUT2D eigenvalue weighted by Crippen LogP contribution is -2.58. The van der Waals surface area contributed by atoms with Gasteiger partial charge in [-0.1, -0.05) is 19.9 Å². The second-order valence-electron chi connectivity index (χ2n) is 8.82. The van der Waals surface area contributed by atoms with Crippen LogP contribution in [0.1, 0.15) is 43.3 Å². The molecular weight excluding hydrogens is 452 g/mol. The molecule has 1 aliphatic rings. The molecule has 2 atom stereocenters. The highest BCUT2D eigenvalue weighted by atomic mass is 19.4. The Morgan fingerprint density at radius 3 is 2.42 bits per heavy atom. The number of nitrogens with zero attached hydrogens (tertiary/aromatic N) is 2. The topological polar surface area (TPSA) is 78.3 Å². The number of aromatic hydroxyl groups is 1. The van der Waals surface area contributed by atoms with Gasteiger partial charge in [-0.25, -0.2) is 23.1 Å². The molecule has 2 aromatic carbocycles. The molecule has 0 amide bonds. The number of nitrogens with one attached hydrogen (secondary N) is 1. The molecule has 1 heterocycles. The van der Waals surface area contributed by atoms with E-state index in [0.29, 0.717) is 6.07 Å². The SMILES string of the molecule is Cc1ncc2c(N[C@H]3c4ccc(O)c(F)c4C(C)(C)C[C@]3(O)C(F)(F)F)cc(F)c(F)c2n1. The number of alkyl halides is 3. The van der Waals surface area contributed by atoms with Crippen molar-refractivity contribution in [3.05, 3.63) is 58.8 Å². The van der Waals surface area contributed by atoms with Crippen LogP contribution in [-0.4, -0.2) is 32.0 Å². The Bertz CT molecular complexity index is 1280. The molecule has 0 saturated heterocycles. The Morgan fingerprint density at radius 1 is 1.12 bits per heavy atom. The fourth-order valence-electron chi connectivity index (χ4n) is 4.58. The van der Waals surface area contributed by atoms with Gasteiger partial charge in [0.2, 0.25) is 0 Å². The first-order valence-corrected chi connectivity index (χ1v) is 9.86. The van der Waals surface area contributed by atoms with E-state index in [2.05, 4.69) is 15.3 Å². The van der Waals surface area contributed by atoms with Gasteiger partial charge in [0.15, 0.2) is 28.8 Å². The minimum atomic E-state index is -5.19. The van der Waals surface area contributed by atoms with Crippen LogP contribution in [0.25, 0.3) is 10.9 Å². The van der Waals surface area contributed by atoms with Gasteiger partial charge >= 0.3 is 6.18 Å². The van der Waals surface area contributed by atoms with E-state index >= 15 is 0 Å². The number of aliphatic hydroxyl groups is 1. The molecule has 0 radical (unpaired) electrons. The third kappa shape index (κ3) is 3.45. The first kappa shape index (κ1) is 23.1. The lowest BCUT2D eigenvalue weighted by atomic mass is 9.63. The quantitative estimate of drug-likeness (QED) is 0.449. The van der Waals surface area contributed by atoms with Crippen molar-refractivity contribution < 1.29 is 36.6 Å². The van der Waals surface area contributed by atoms with Gasteiger partial charge in [-0.2, -0.15) is 13.2 Å². The Balaban J connectivity index is 1.99.